The predicted molar refractivity (Wildman–Crippen MR) is 76.6 cm³/mol. The van der Waals surface area contributed by atoms with Gasteiger partial charge in [0.25, 0.3) is 5.91 Å². The number of carbonyl (C=O) groups excluding carboxylic acids is 1. The predicted octanol–water partition coefficient (Wildman–Crippen LogP) is 3.13. The van der Waals surface area contributed by atoms with Gasteiger partial charge in [-0.2, -0.15) is 0 Å². The fraction of sp³-hybridized carbons (Fsp3) is 0.533. The summed E-state index contributed by atoms with van der Waals surface area (Å²) in [6.07, 6.45) is 3.39. The van der Waals surface area contributed by atoms with Crippen LogP contribution in [0.25, 0.3) is 0 Å². The molecule has 1 aromatic carbocycles. The molecule has 1 aromatic rings. The second-order valence-corrected chi connectivity index (χ2v) is 5.24. The number of hydrogen-bond donors (Lipinski definition) is 2. The normalized spacial score (nSPS) is 10.7. The topological polar surface area (TPSA) is 55.1 Å². The third-order valence-corrected chi connectivity index (χ3v) is 2.95. The highest BCUT2D eigenvalue weighted by Crippen LogP contribution is 2.13. The van der Waals surface area contributed by atoms with Gasteiger partial charge in [-0.3, -0.25) is 4.79 Å². The summed E-state index contributed by atoms with van der Waals surface area (Å²) in [7, 11) is 0. The lowest BCUT2D eigenvalue weighted by Crippen LogP contribution is -2.25. The standard InChI is InChI=1S/C15H24N2O/c1-11(2)6-4-5-9-17-15(18)13-10-12(3)7-8-14(13)16/h7-8,10-11H,4-6,9,16H2,1-3H3,(H,17,18). The highest BCUT2D eigenvalue weighted by Gasteiger charge is 2.08. The van der Waals surface area contributed by atoms with Crippen LogP contribution < -0.4 is 11.1 Å². The molecule has 0 aliphatic rings. The number of hydrogen-bond acceptors (Lipinski definition) is 2. The van der Waals surface area contributed by atoms with Crippen molar-refractivity contribution in [3.8, 4) is 0 Å². The quantitative estimate of drug-likeness (QED) is 0.600. The van der Waals surface area contributed by atoms with Crippen LogP contribution in [0.1, 0.15) is 49.0 Å². The zero-order valence-electron chi connectivity index (χ0n) is 11.6. The number of rotatable bonds is 6. The molecule has 0 fully saturated rings. The maximum atomic E-state index is 11.9. The van der Waals surface area contributed by atoms with Gasteiger partial charge >= 0.3 is 0 Å². The molecule has 0 heterocycles. The minimum absolute atomic E-state index is 0.0688. The van der Waals surface area contributed by atoms with Crippen molar-refractivity contribution in [3.05, 3.63) is 29.3 Å². The van der Waals surface area contributed by atoms with Crippen LogP contribution in [0, 0.1) is 12.8 Å². The molecule has 0 saturated heterocycles. The van der Waals surface area contributed by atoms with Crippen molar-refractivity contribution in [2.45, 2.75) is 40.0 Å². The smallest absolute Gasteiger partial charge is 0.253 e. The summed E-state index contributed by atoms with van der Waals surface area (Å²) >= 11 is 0. The van der Waals surface area contributed by atoms with Gasteiger partial charge in [0, 0.05) is 12.2 Å². The van der Waals surface area contributed by atoms with E-state index in [1.54, 1.807) is 6.07 Å². The van der Waals surface area contributed by atoms with E-state index in [2.05, 4.69) is 19.2 Å². The first-order valence-corrected chi connectivity index (χ1v) is 6.65. The summed E-state index contributed by atoms with van der Waals surface area (Å²) < 4.78 is 0. The average Bonchev–Trinajstić information content (AvgIpc) is 2.31. The minimum atomic E-state index is -0.0688. The van der Waals surface area contributed by atoms with Crippen molar-refractivity contribution < 1.29 is 4.79 Å². The van der Waals surface area contributed by atoms with E-state index in [0.717, 1.165) is 30.9 Å². The van der Waals surface area contributed by atoms with E-state index in [0.29, 0.717) is 11.3 Å². The van der Waals surface area contributed by atoms with E-state index >= 15 is 0 Å². The van der Waals surface area contributed by atoms with Crippen LogP contribution in [0.3, 0.4) is 0 Å². The first-order valence-electron chi connectivity index (χ1n) is 6.65. The summed E-state index contributed by atoms with van der Waals surface area (Å²) in [5.74, 6) is 0.661. The van der Waals surface area contributed by atoms with Gasteiger partial charge in [0.15, 0.2) is 0 Å². The van der Waals surface area contributed by atoms with Crippen molar-refractivity contribution >= 4 is 11.6 Å². The fourth-order valence-electron chi connectivity index (χ4n) is 1.84. The van der Waals surface area contributed by atoms with Crippen LogP contribution in [0.15, 0.2) is 18.2 Å². The summed E-state index contributed by atoms with van der Waals surface area (Å²) in [6.45, 7) is 7.11. The van der Waals surface area contributed by atoms with E-state index in [1.165, 1.54) is 6.42 Å². The van der Waals surface area contributed by atoms with Crippen LogP contribution in [0.2, 0.25) is 0 Å². The van der Waals surface area contributed by atoms with Gasteiger partial charge in [-0.15, -0.1) is 0 Å². The molecule has 0 aliphatic carbocycles. The molecule has 0 bridgehead atoms. The molecule has 0 saturated carbocycles. The Morgan fingerprint density at radius 3 is 2.72 bits per heavy atom. The lowest BCUT2D eigenvalue weighted by molar-refractivity contribution is 0.0953. The molecule has 3 N–H and O–H groups in total. The fourth-order valence-corrected chi connectivity index (χ4v) is 1.84. The second kappa shape index (κ2) is 7.04. The van der Waals surface area contributed by atoms with Crippen molar-refractivity contribution in [1.29, 1.82) is 0 Å². The van der Waals surface area contributed by atoms with E-state index in [4.69, 9.17) is 5.73 Å². The number of nitrogens with two attached hydrogens (primary N) is 1. The lowest BCUT2D eigenvalue weighted by atomic mass is 10.1. The maximum Gasteiger partial charge on any atom is 0.253 e. The van der Waals surface area contributed by atoms with E-state index in [1.807, 2.05) is 19.1 Å². The average molecular weight is 248 g/mol. The van der Waals surface area contributed by atoms with Crippen molar-refractivity contribution in [3.63, 3.8) is 0 Å². The Kier molecular flexibility index (Phi) is 5.69. The molecule has 3 heteroatoms. The summed E-state index contributed by atoms with van der Waals surface area (Å²) in [5, 5.41) is 2.92. The first kappa shape index (κ1) is 14.6. The molecule has 100 valence electrons. The number of anilines is 1. The zero-order chi connectivity index (χ0) is 13.5. The van der Waals surface area contributed by atoms with Crippen LogP contribution in [-0.4, -0.2) is 12.5 Å². The molecule has 0 aromatic heterocycles. The minimum Gasteiger partial charge on any atom is -0.398 e. The molecule has 1 amide bonds. The van der Waals surface area contributed by atoms with Crippen LogP contribution >= 0.6 is 0 Å². The monoisotopic (exact) mass is 248 g/mol. The molecule has 0 radical (unpaired) electrons. The summed E-state index contributed by atoms with van der Waals surface area (Å²) in [4.78, 5) is 11.9. The number of nitrogens with one attached hydrogen (secondary N) is 1. The number of benzene rings is 1. The largest absolute Gasteiger partial charge is 0.398 e. The van der Waals surface area contributed by atoms with E-state index < -0.39 is 0 Å². The van der Waals surface area contributed by atoms with Crippen LogP contribution in [0.5, 0.6) is 0 Å². The van der Waals surface area contributed by atoms with Gasteiger partial charge < -0.3 is 11.1 Å². The molecule has 3 nitrogen and oxygen atoms in total. The van der Waals surface area contributed by atoms with Gasteiger partial charge in [0.05, 0.1) is 5.56 Å². The molecule has 1 rings (SSSR count). The van der Waals surface area contributed by atoms with E-state index in [9.17, 15) is 4.79 Å². The Bertz CT molecular complexity index is 399. The Hall–Kier alpha value is -1.51. The molecular formula is C15H24N2O. The molecular weight excluding hydrogens is 224 g/mol. The second-order valence-electron chi connectivity index (χ2n) is 5.24. The number of amides is 1. The molecule has 0 aliphatic heterocycles. The first-order chi connectivity index (χ1) is 8.50. The van der Waals surface area contributed by atoms with Gasteiger partial charge in [0.1, 0.15) is 0 Å². The molecule has 18 heavy (non-hydrogen) atoms. The van der Waals surface area contributed by atoms with Gasteiger partial charge in [-0.05, 0) is 31.4 Å². The maximum absolute atomic E-state index is 11.9. The summed E-state index contributed by atoms with van der Waals surface area (Å²) in [6, 6.07) is 5.52. The number of carbonyl (C=O) groups is 1. The van der Waals surface area contributed by atoms with Crippen molar-refractivity contribution in [2.75, 3.05) is 12.3 Å². The van der Waals surface area contributed by atoms with Crippen molar-refractivity contribution in [2.24, 2.45) is 5.92 Å². The van der Waals surface area contributed by atoms with E-state index in [-0.39, 0.29) is 5.91 Å². The Balaban J connectivity index is 2.39. The zero-order valence-corrected chi connectivity index (χ0v) is 11.6. The number of aryl methyl sites for hydroxylation is 1. The summed E-state index contributed by atoms with van der Waals surface area (Å²) in [5.41, 5.74) is 7.97. The highest BCUT2D eigenvalue weighted by molar-refractivity contribution is 5.99. The van der Waals surface area contributed by atoms with Crippen LogP contribution in [0.4, 0.5) is 5.69 Å². The van der Waals surface area contributed by atoms with Gasteiger partial charge in [-0.1, -0.05) is 38.3 Å². The Labute approximate surface area is 110 Å². The van der Waals surface area contributed by atoms with Crippen molar-refractivity contribution in [1.82, 2.24) is 5.32 Å². The molecule has 0 atom stereocenters. The number of nitrogen functional groups attached to an aromatic ring is 1. The van der Waals surface area contributed by atoms with Gasteiger partial charge in [-0.25, -0.2) is 0 Å². The third kappa shape index (κ3) is 4.78. The number of unbranched alkanes of at least 4 members (excludes halogenated alkanes) is 1. The van der Waals surface area contributed by atoms with Gasteiger partial charge in [0.2, 0.25) is 0 Å². The lowest BCUT2D eigenvalue weighted by Gasteiger charge is -2.09. The molecule has 0 unspecified atom stereocenters. The third-order valence-electron chi connectivity index (χ3n) is 2.95. The Morgan fingerprint density at radius 1 is 1.33 bits per heavy atom. The Morgan fingerprint density at radius 2 is 2.06 bits per heavy atom. The highest BCUT2D eigenvalue weighted by atomic mass is 16.1. The SMILES string of the molecule is Cc1ccc(N)c(C(=O)NCCCCC(C)C)c1. The molecule has 0 spiro atoms. The van der Waals surface area contributed by atoms with Crippen LogP contribution in [-0.2, 0) is 0 Å².